The zero-order chi connectivity index (χ0) is 31.7. The third-order valence-electron chi connectivity index (χ3n) is 8.63. The summed E-state index contributed by atoms with van der Waals surface area (Å²) in [5.74, 6) is -0.220. The number of ether oxygens (including phenoxy) is 1. The van der Waals surface area contributed by atoms with E-state index < -0.39 is 22.1 Å². The van der Waals surface area contributed by atoms with Gasteiger partial charge in [0.15, 0.2) is 0 Å². The molecule has 242 valence electrons. The van der Waals surface area contributed by atoms with E-state index in [4.69, 9.17) is 4.74 Å². The highest BCUT2D eigenvalue weighted by Crippen LogP contribution is 2.25. The number of esters is 1. The van der Waals surface area contributed by atoms with Crippen molar-refractivity contribution in [2.75, 3.05) is 39.3 Å². The number of piperidine rings is 1. The topological polar surface area (TPSA) is 154 Å². The molecule has 4 rings (SSSR count). The van der Waals surface area contributed by atoms with E-state index in [0.717, 1.165) is 49.9 Å². The molecule has 1 aromatic carbocycles. The largest absolute Gasteiger partial charge is 0.464 e. The fourth-order valence-corrected chi connectivity index (χ4v) is 6.95. The number of carbonyl (C=O) groups excluding carboxylic acids is 4. The average molecular weight is 632 g/mol. The minimum absolute atomic E-state index is 0.0492. The van der Waals surface area contributed by atoms with Gasteiger partial charge in [0.2, 0.25) is 0 Å². The molecule has 1 saturated carbocycles. The minimum Gasteiger partial charge on any atom is -0.464 e. The summed E-state index contributed by atoms with van der Waals surface area (Å²) in [4.78, 5) is 52.7. The molecule has 2 heterocycles. The van der Waals surface area contributed by atoms with Crippen LogP contribution in [0.15, 0.2) is 40.3 Å². The van der Waals surface area contributed by atoms with Gasteiger partial charge in [-0.3, -0.25) is 19.4 Å². The third kappa shape index (κ3) is 9.28. The van der Waals surface area contributed by atoms with E-state index in [2.05, 4.69) is 20.3 Å². The number of likely N-dealkylation sites (tertiary alicyclic amines) is 1. The van der Waals surface area contributed by atoms with Gasteiger partial charge >= 0.3 is 18.0 Å². The molecular formula is C31H45N5O7S. The highest BCUT2D eigenvalue weighted by molar-refractivity contribution is 7.90. The zero-order valence-corrected chi connectivity index (χ0v) is 26.5. The Labute approximate surface area is 260 Å². The van der Waals surface area contributed by atoms with Gasteiger partial charge in [0.05, 0.1) is 24.6 Å². The van der Waals surface area contributed by atoms with E-state index in [1.807, 2.05) is 13.8 Å². The molecule has 2 fully saturated rings. The first-order chi connectivity index (χ1) is 21.1. The SMILES string of the molecule is CCC1=C(C)CN(C(=O)NCCc2ccc(S(=O)(=O)NC(=O)NC3CCC(COC(=O)CN4CCCCC4)CC3)cc2)C1=O. The van der Waals surface area contributed by atoms with E-state index >= 15 is 0 Å². The van der Waals surface area contributed by atoms with Crippen molar-refractivity contribution in [3.05, 3.63) is 41.0 Å². The molecule has 0 unspecified atom stereocenters. The van der Waals surface area contributed by atoms with Gasteiger partial charge in [-0.1, -0.05) is 25.5 Å². The first-order valence-electron chi connectivity index (χ1n) is 15.6. The lowest BCUT2D eigenvalue weighted by molar-refractivity contribution is -0.147. The number of hydrogen-bond donors (Lipinski definition) is 3. The second kappa shape index (κ2) is 15.5. The summed E-state index contributed by atoms with van der Waals surface area (Å²) < 4.78 is 33.1. The van der Waals surface area contributed by atoms with Crippen molar-refractivity contribution in [1.82, 2.24) is 25.2 Å². The van der Waals surface area contributed by atoms with Crippen LogP contribution in [-0.4, -0.2) is 87.5 Å². The van der Waals surface area contributed by atoms with Crippen LogP contribution in [0, 0.1) is 5.92 Å². The van der Waals surface area contributed by atoms with Crippen LogP contribution in [0.1, 0.15) is 70.8 Å². The molecule has 0 atom stereocenters. The van der Waals surface area contributed by atoms with E-state index in [9.17, 15) is 27.6 Å². The van der Waals surface area contributed by atoms with E-state index in [-0.39, 0.29) is 35.3 Å². The van der Waals surface area contributed by atoms with Crippen molar-refractivity contribution in [2.24, 2.45) is 5.92 Å². The molecule has 1 aliphatic carbocycles. The van der Waals surface area contributed by atoms with Gasteiger partial charge in [0, 0.05) is 18.2 Å². The molecule has 0 bridgehead atoms. The lowest BCUT2D eigenvalue weighted by atomic mass is 9.86. The van der Waals surface area contributed by atoms with Gasteiger partial charge in [0.1, 0.15) is 0 Å². The molecule has 0 aromatic heterocycles. The predicted octanol–water partition coefficient (Wildman–Crippen LogP) is 3.08. The van der Waals surface area contributed by atoms with Crippen LogP contribution < -0.4 is 15.4 Å². The Balaban J connectivity index is 1.13. The first-order valence-corrected chi connectivity index (χ1v) is 17.1. The van der Waals surface area contributed by atoms with Crippen LogP contribution in [0.4, 0.5) is 9.59 Å². The second-order valence-electron chi connectivity index (χ2n) is 11.9. The summed E-state index contributed by atoms with van der Waals surface area (Å²) in [5.41, 5.74) is 2.36. The lowest BCUT2D eigenvalue weighted by Gasteiger charge is -2.29. The molecule has 3 aliphatic rings. The van der Waals surface area contributed by atoms with Crippen LogP contribution in [0.2, 0.25) is 0 Å². The Morgan fingerprint density at radius 1 is 1.00 bits per heavy atom. The van der Waals surface area contributed by atoms with Gasteiger partial charge < -0.3 is 15.4 Å². The van der Waals surface area contributed by atoms with Gasteiger partial charge in [-0.25, -0.2) is 22.7 Å². The normalized spacial score (nSPS) is 21.2. The van der Waals surface area contributed by atoms with Crippen LogP contribution in [0.3, 0.4) is 0 Å². The number of benzene rings is 1. The molecule has 13 heteroatoms. The number of nitrogens with one attached hydrogen (secondary N) is 3. The summed E-state index contributed by atoms with van der Waals surface area (Å²) >= 11 is 0. The molecule has 44 heavy (non-hydrogen) atoms. The summed E-state index contributed by atoms with van der Waals surface area (Å²) in [6.45, 7) is 6.90. The number of carbonyl (C=O) groups is 4. The minimum atomic E-state index is -4.07. The third-order valence-corrected chi connectivity index (χ3v) is 9.97. The number of sulfonamides is 1. The van der Waals surface area contributed by atoms with Crippen molar-refractivity contribution in [2.45, 2.75) is 82.6 Å². The van der Waals surface area contributed by atoms with Gasteiger partial charge in [-0.05, 0) is 101 Å². The molecule has 0 spiro atoms. The Hall–Kier alpha value is -3.45. The maximum Gasteiger partial charge on any atom is 0.328 e. The van der Waals surface area contributed by atoms with Crippen molar-refractivity contribution >= 4 is 34.0 Å². The number of hydrogen-bond acceptors (Lipinski definition) is 8. The smallest absolute Gasteiger partial charge is 0.328 e. The highest BCUT2D eigenvalue weighted by Gasteiger charge is 2.31. The molecule has 3 N–H and O–H groups in total. The van der Waals surface area contributed by atoms with Crippen molar-refractivity contribution in [3.63, 3.8) is 0 Å². The molecule has 0 radical (unpaired) electrons. The van der Waals surface area contributed by atoms with E-state index in [0.29, 0.717) is 51.0 Å². The van der Waals surface area contributed by atoms with Crippen LogP contribution >= 0.6 is 0 Å². The Morgan fingerprint density at radius 3 is 2.32 bits per heavy atom. The lowest BCUT2D eigenvalue weighted by Crippen LogP contribution is -2.45. The predicted molar refractivity (Wildman–Crippen MR) is 164 cm³/mol. The molecular weight excluding hydrogens is 586 g/mol. The average Bonchev–Trinajstić information content (AvgIpc) is 3.29. The molecule has 12 nitrogen and oxygen atoms in total. The summed E-state index contributed by atoms with van der Waals surface area (Å²) in [6.07, 6.45) is 7.39. The molecule has 1 aromatic rings. The van der Waals surface area contributed by atoms with Crippen molar-refractivity contribution in [3.8, 4) is 0 Å². The standard InChI is InChI=1S/C31H45N5O7S/c1-3-27-22(2)19-36(29(27)38)31(40)32-16-15-23-9-13-26(14-10-23)44(41,42)34-30(39)33-25-11-7-24(8-12-25)21-43-28(37)20-35-17-5-4-6-18-35/h9-10,13-14,24-25H,3-8,11-12,15-21H2,1-2H3,(H,32,40)(H2,33,34,39). The fraction of sp³-hybridized carbons (Fsp3) is 0.613. The Morgan fingerprint density at radius 2 is 1.68 bits per heavy atom. The Bertz CT molecular complexity index is 1330. The molecule has 2 aliphatic heterocycles. The Kier molecular flexibility index (Phi) is 11.8. The maximum atomic E-state index is 12.8. The highest BCUT2D eigenvalue weighted by atomic mass is 32.2. The van der Waals surface area contributed by atoms with Gasteiger partial charge in [-0.2, -0.15) is 0 Å². The number of rotatable bonds is 11. The molecule has 5 amide bonds. The maximum absolute atomic E-state index is 12.8. The van der Waals surface area contributed by atoms with Crippen molar-refractivity contribution < 1.29 is 32.3 Å². The van der Waals surface area contributed by atoms with E-state index in [1.54, 1.807) is 12.1 Å². The molecule has 1 saturated heterocycles. The number of urea groups is 2. The zero-order valence-electron chi connectivity index (χ0n) is 25.7. The van der Waals surface area contributed by atoms with Crippen LogP contribution in [-0.2, 0) is 30.8 Å². The van der Waals surface area contributed by atoms with Crippen LogP contribution in [0.25, 0.3) is 0 Å². The number of amides is 5. The van der Waals surface area contributed by atoms with E-state index in [1.165, 1.54) is 23.5 Å². The fourth-order valence-electron chi connectivity index (χ4n) is 6.04. The van der Waals surface area contributed by atoms with Gasteiger partial charge in [-0.15, -0.1) is 0 Å². The summed E-state index contributed by atoms with van der Waals surface area (Å²) in [6, 6.07) is 4.69. The quantitative estimate of drug-likeness (QED) is 0.315. The number of nitrogens with zero attached hydrogens (tertiary/aromatic N) is 2. The number of imide groups is 1. The van der Waals surface area contributed by atoms with Gasteiger partial charge in [0.25, 0.3) is 15.9 Å². The summed E-state index contributed by atoms with van der Waals surface area (Å²) in [7, 11) is -4.07. The first kappa shape index (κ1) is 33.4. The summed E-state index contributed by atoms with van der Waals surface area (Å²) in [5, 5.41) is 5.49. The second-order valence-corrected chi connectivity index (χ2v) is 13.6. The van der Waals surface area contributed by atoms with Crippen molar-refractivity contribution in [1.29, 1.82) is 0 Å². The monoisotopic (exact) mass is 631 g/mol. The van der Waals surface area contributed by atoms with Crippen LogP contribution in [0.5, 0.6) is 0 Å².